The highest BCUT2D eigenvalue weighted by molar-refractivity contribution is 5.88. The number of aryl methyl sites for hydroxylation is 2. The van der Waals surface area contributed by atoms with Gasteiger partial charge in [0.25, 0.3) is 0 Å². The van der Waals surface area contributed by atoms with E-state index < -0.39 is 5.41 Å². The lowest BCUT2D eigenvalue weighted by Crippen LogP contribution is -2.27. The fraction of sp³-hybridized carbons (Fsp3) is 0.583. The van der Waals surface area contributed by atoms with Crippen LogP contribution >= 0.6 is 0 Å². The van der Waals surface area contributed by atoms with Crippen molar-refractivity contribution in [2.75, 3.05) is 30.8 Å². The molecule has 2 unspecified atom stereocenters. The largest absolute Gasteiger partial charge is 0.399 e. The van der Waals surface area contributed by atoms with Crippen LogP contribution in [0.4, 0.5) is 11.4 Å². The fourth-order valence-electron chi connectivity index (χ4n) is 6.23. The van der Waals surface area contributed by atoms with E-state index in [1.807, 2.05) is 12.1 Å². The Morgan fingerprint density at radius 3 is 2.49 bits per heavy atom. The number of anilines is 2. The van der Waals surface area contributed by atoms with Gasteiger partial charge in [0, 0.05) is 59.1 Å². The molecule has 1 heterocycles. The van der Waals surface area contributed by atoms with E-state index in [1.165, 1.54) is 47.9 Å². The topological polar surface area (TPSA) is 71.3 Å². The van der Waals surface area contributed by atoms with Crippen molar-refractivity contribution in [2.45, 2.75) is 111 Å². The van der Waals surface area contributed by atoms with Crippen LogP contribution in [0, 0.1) is 12.8 Å². The van der Waals surface area contributed by atoms with Crippen LogP contribution < -0.4 is 10.6 Å². The zero-order valence-corrected chi connectivity index (χ0v) is 27.0. The summed E-state index contributed by atoms with van der Waals surface area (Å²) in [6.45, 7) is 17.3. The van der Waals surface area contributed by atoms with Crippen LogP contribution in [0.1, 0.15) is 119 Å². The van der Waals surface area contributed by atoms with Gasteiger partial charge in [0.2, 0.25) is 0 Å². The molecule has 0 bridgehead atoms. The third-order valence-corrected chi connectivity index (χ3v) is 9.06. The molecule has 0 amide bonds. The van der Waals surface area contributed by atoms with Gasteiger partial charge in [0.05, 0.1) is 6.10 Å². The Bertz CT molecular complexity index is 1280. The smallest absolute Gasteiger partial charge is 0.150 e. The first-order valence-corrected chi connectivity index (χ1v) is 15.9. The first-order valence-electron chi connectivity index (χ1n) is 15.9. The SMILES string of the molecule is CCCCCC(C)CCOC(CC)CCN(C)c1cc(C(C)(C)c2[nH]c3cc(N)ccc3c2C)c(C=O)cc1CC. The van der Waals surface area contributed by atoms with Crippen LogP contribution in [0.25, 0.3) is 10.9 Å². The predicted molar refractivity (Wildman–Crippen MR) is 177 cm³/mol. The van der Waals surface area contributed by atoms with Crippen molar-refractivity contribution in [3.8, 4) is 0 Å². The lowest BCUT2D eigenvalue weighted by molar-refractivity contribution is 0.0385. The molecule has 2 aromatic carbocycles. The number of rotatable bonds is 17. The normalized spacial score (nSPS) is 13.5. The Balaban J connectivity index is 1.80. The van der Waals surface area contributed by atoms with Gasteiger partial charge in [0.1, 0.15) is 6.29 Å². The maximum Gasteiger partial charge on any atom is 0.150 e. The molecule has 0 saturated carbocycles. The van der Waals surface area contributed by atoms with Crippen molar-refractivity contribution in [2.24, 2.45) is 5.92 Å². The molecule has 3 aromatic rings. The number of carbonyl (C=O) groups is 1. The zero-order chi connectivity index (χ0) is 30.2. The monoisotopic (exact) mass is 561 g/mol. The number of nitrogens with zero attached hydrogens (tertiary/aromatic N) is 1. The maximum atomic E-state index is 12.4. The molecule has 2 atom stereocenters. The van der Waals surface area contributed by atoms with E-state index in [1.54, 1.807) is 0 Å². The molecule has 5 heteroatoms. The number of ether oxygens (including phenoxy) is 1. The van der Waals surface area contributed by atoms with Crippen molar-refractivity contribution in [3.05, 3.63) is 58.3 Å². The number of aromatic amines is 1. The third kappa shape index (κ3) is 7.94. The molecule has 3 rings (SSSR count). The van der Waals surface area contributed by atoms with Crippen molar-refractivity contribution < 1.29 is 9.53 Å². The molecule has 226 valence electrons. The van der Waals surface area contributed by atoms with Crippen molar-refractivity contribution in [3.63, 3.8) is 0 Å². The van der Waals surface area contributed by atoms with Gasteiger partial charge in [-0.2, -0.15) is 0 Å². The molecule has 5 nitrogen and oxygen atoms in total. The number of hydrogen-bond acceptors (Lipinski definition) is 4. The Hall–Kier alpha value is -2.79. The summed E-state index contributed by atoms with van der Waals surface area (Å²) in [5.41, 5.74) is 13.9. The summed E-state index contributed by atoms with van der Waals surface area (Å²) in [4.78, 5) is 18.4. The standard InChI is InChI=1S/C36H55N3O2/c1-9-12-13-14-25(4)18-20-41-30(11-3)17-19-39(8)34-23-32(28(24-40)21-27(34)10-2)36(6,7)35-26(5)31-16-15-29(37)22-33(31)38-35/h15-16,21-25,30,38H,9-14,17-20,37H2,1-8H3. The van der Waals surface area contributed by atoms with Gasteiger partial charge in [-0.25, -0.2) is 0 Å². The Kier molecular flexibility index (Phi) is 11.9. The number of unbranched alkanes of at least 4 members (excludes halogenated alkanes) is 2. The van der Waals surface area contributed by atoms with E-state index in [0.29, 0.717) is 0 Å². The van der Waals surface area contributed by atoms with Crippen LogP contribution in [0.15, 0.2) is 30.3 Å². The lowest BCUT2D eigenvalue weighted by atomic mass is 9.77. The average molecular weight is 562 g/mol. The van der Waals surface area contributed by atoms with Crippen molar-refractivity contribution in [1.82, 2.24) is 4.98 Å². The Morgan fingerprint density at radius 2 is 1.83 bits per heavy atom. The summed E-state index contributed by atoms with van der Waals surface area (Å²) in [6, 6.07) is 10.4. The summed E-state index contributed by atoms with van der Waals surface area (Å²) in [5.74, 6) is 0.727. The van der Waals surface area contributed by atoms with E-state index in [4.69, 9.17) is 10.5 Å². The molecule has 0 radical (unpaired) electrons. The second kappa shape index (κ2) is 14.9. The number of hydrogen-bond donors (Lipinski definition) is 2. The molecule has 0 fully saturated rings. The van der Waals surface area contributed by atoms with Crippen LogP contribution in [-0.2, 0) is 16.6 Å². The molecule has 41 heavy (non-hydrogen) atoms. The Labute approximate surface area is 249 Å². The van der Waals surface area contributed by atoms with Crippen molar-refractivity contribution in [1.29, 1.82) is 0 Å². The van der Waals surface area contributed by atoms with E-state index in [0.717, 1.165) is 79.1 Å². The van der Waals surface area contributed by atoms with E-state index in [9.17, 15) is 4.79 Å². The zero-order valence-electron chi connectivity index (χ0n) is 27.0. The fourth-order valence-corrected chi connectivity index (χ4v) is 6.23. The molecular weight excluding hydrogens is 506 g/mol. The molecule has 0 aliphatic rings. The summed E-state index contributed by atoms with van der Waals surface area (Å²) in [6.07, 6.45) is 10.5. The second-order valence-corrected chi connectivity index (χ2v) is 12.6. The van der Waals surface area contributed by atoms with Crippen molar-refractivity contribution >= 4 is 28.6 Å². The van der Waals surface area contributed by atoms with Gasteiger partial charge in [-0.1, -0.05) is 73.3 Å². The second-order valence-electron chi connectivity index (χ2n) is 12.6. The lowest BCUT2D eigenvalue weighted by Gasteiger charge is -2.31. The summed E-state index contributed by atoms with van der Waals surface area (Å²) in [5, 5.41) is 1.17. The summed E-state index contributed by atoms with van der Waals surface area (Å²) < 4.78 is 6.35. The summed E-state index contributed by atoms with van der Waals surface area (Å²) >= 11 is 0. The van der Waals surface area contributed by atoms with E-state index in [2.05, 4.69) is 83.6 Å². The van der Waals surface area contributed by atoms with Gasteiger partial charge < -0.3 is 20.4 Å². The average Bonchev–Trinajstić information content (AvgIpc) is 3.29. The first kappa shape index (κ1) is 32.7. The highest BCUT2D eigenvalue weighted by Crippen LogP contribution is 2.40. The number of fused-ring (bicyclic) bond motifs is 1. The van der Waals surface area contributed by atoms with E-state index in [-0.39, 0.29) is 6.10 Å². The number of H-pyrrole nitrogens is 1. The van der Waals surface area contributed by atoms with Gasteiger partial charge in [-0.05, 0) is 79.5 Å². The molecule has 3 N–H and O–H groups in total. The number of aldehydes is 1. The number of aromatic nitrogens is 1. The third-order valence-electron chi connectivity index (χ3n) is 9.06. The maximum absolute atomic E-state index is 12.4. The highest BCUT2D eigenvalue weighted by atomic mass is 16.5. The number of benzene rings is 2. The molecule has 0 aliphatic heterocycles. The minimum Gasteiger partial charge on any atom is -0.399 e. The van der Waals surface area contributed by atoms with Crippen LogP contribution in [0.2, 0.25) is 0 Å². The van der Waals surface area contributed by atoms with Gasteiger partial charge >= 0.3 is 0 Å². The summed E-state index contributed by atoms with van der Waals surface area (Å²) in [7, 11) is 2.17. The van der Waals surface area contributed by atoms with Crippen LogP contribution in [0.3, 0.4) is 0 Å². The van der Waals surface area contributed by atoms with Gasteiger partial charge in [0.15, 0.2) is 0 Å². The minimum atomic E-state index is -0.404. The molecule has 1 aromatic heterocycles. The minimum absolute atomic E-state index is 0.261. The highest BCUT2D eigenvalue weighted by Gasteiger charge is 2.31. The van der Waals surface area contributed by atoms with Crippen LogP contribution in [0.5, 0.6) is 0 Å². The Morgan fingerprint density at radius 1 is 1.07 bits per heavy atom. The number of nitrogen functional groups attached to an aromatic ring is 1. The van der Waals surface area contributed by atoms with Gasteiger partial charge in [-0.3, -0.25) is 4.79 Å². The first-order chi connectivity index (χ1) is 19.6. The van der Waals surface area contributed by atoms with Gasteiger partial charge in [-0.15, -0.1) is 0 Å². The molecule has 0 aliphatic carbocycles. The number of nitrogens with one attached hydrogen (secondary N) is 1. The molecule has 0 saturated heterocycles. The van der Waals surface area contributed by atoms with Crippen LogP contribution in [-0.4, -0.2) is 37.6 Å². The molecular formula is C36H55N3O2. The predicted octanol–water partition coefficient (Wildman–Crippen LogP) is 8.99. The number of carbonyl (C=O) groups excluding carboxylic acids is 1. The molecule has 0 spiro atoms. The number of nitrogens with two attached hydrogens (primary N) is 1. The quantitative estimate of drug-likeness (QED) is 0.0980. The van der Waals surface area contributed by atoms with E-state index >= 15 is 0 Å².